The quantitative estimate of drug-likeness (QED) is 0.519. The van der Waals surface area contributed by atoms with E-state index in [2.05, 4.69) is 5.32 Å². The molecular formula is C24H23FN2O5. The Hall–Kier alpha value is -3.94. The lowest BCUT2D eigenvalue weighted by Crippen LogP contribution is -2.44. The fraction of sp³-hybridized carbons (Fsp3) is 0.208. The van der Waals surface area contributed by atoms with Crippen LogP contribution >= 0.6 is 0 Å². The molecule has 2 amide bonds. The van der Waals surface area contributed by atoms with Crippen LogP contribution in [0.3, 0.4) is 0 Å². The van der Waals surface area contributed by atoms with Crippen molar-refractivity contribution in [1.29, 1.82) is 0 Å². The zero-order chi connectivity index (χ0) is 22.9. The first kappa shape index (κ1) is 22.7. The van der Waals surface area contributed by atoms with E-state index in [9.17, 15) is 18.8 Å². The molecule has 3 aromatic rings. The summed E-state index contributed by atoms with van der Waals surface area (Å²) in [6.45, 7) is -0.503. The summed E-state index contributed by atoms with van der Waals surface area (Å²) >= 11 is 0. The van der Waals surface area contributed by atoms with Gasteiger partial charge in [-0.2, -0.15) is 0 Å². The van der Waals surface area contributed by atoms with E-state index in [1.165, 1.54) is 30.3 Å². The number of furan rings is 1. The lowest BCUT2D eigenvalue weighted by atomic mass is 10.1. The lowest BCUT2D eigenvalue weighted by molar-refractivity contribution is -0.153. The first-order chi connectivity index (χ1) is 15.4. The number of hydrogen-bond donors (Lipinski definition) is 1. The zero-order valence-electron chi connectivity index (χ0n) is 17.5. The fourth-order valence-electron chi connectivity index (χ4n) is 2.99. The van der Waals surface area contributed by atoms with Crippen LogP contribution in [0.2, 0.25) is 0 Å². The van der Waals surface area contributed by atoms with E-state index in [4.69, 9.17) is 9.15 Å². The van der Waals surface area contributed by atoms with Crippen LogP contribution in [0.15, 0.2) is 77.4 Å². The average Bonchev–Trinajstić information content (AvgIpc) is 3.34. The van der Waals surface area contributed by atoms with Gasteiger partial charge in [-0.3, -0.25) is 9.59 Å². The Morgan fingerprint density at radius 2 is 1.75 bits per heavy atom. The van der Waals surface area contributed by atoms with Crippen molar-refractivity contribution in [3.05, 3.63) is 95.7 Å². The number of amides is 2. The number of halogens is 1. The number of ether oxygens (including phenoxy) is 1. The van der Waals surface area contributed by atoms with Gasteiger partial charge in [0.1, 0.15) is 11.9 Å². The maximum atomic E-state index is 13.8. The highest BCUT2D eigenvalue weighted by Gasteiger charge is 2.25. The standard InChI is InChI=1S/C24H23FN2O5/c1-27(15-18-10-5-6-11-19(18)25)22(28)16-32-24(30)20(14-17-8-3-2-4-9-17)26-23(29)21-12-7-13-31-21/h2-13,20H,14-16H2,1H3,(H,26,29)/t20-/m0/s1. The van der Waals surface area contributed by atoms with Crippen LogP contribution in [0.5, 0.6) is 0 Å². The van der Waals surface area contributed by atoms with Crippen LogP contribution in [0.1, 0.15) is 21.7 Å². The highest BCUT2D eigenvalue weighted by Crippen LogP contribution is 2.10. The van der Waals surface area contributed by atoms with Crippen molar-refractivity contribution in [1.82, 2.24) is 10.2 Å². The van der Waals surface area contributed by atoms with Gasteiger partial charge in [0.15, 0.2) is 12.4 Å². The van der Waals surface area contributed by atoms with Crippen molar-refractivity contribution in [2.24, 2.45) is 0 Å². The topological polar surface area (TPSA) is 88.9 Å². The van der Waals surface area contributed by atoms with Gasteiger partial charge in [0.05, 0.1) is 6.26 Å². The molecule has 166 valence electrons. The first-order valence-electron chi connectivity index (χ1n) is 9.96. The minimum absolute atomic E-state index is 0.0335. The summed E-state index contributed by atoms with van der Waals surface area (Å²) in [7, 11) is 1.49. The smallest absolute Gasteiger partial charge is 0.329 e. The summed E-state index contributed by atoms with van der Waals surface area (Å²) in [5.41, 5.74) is 1.15. The van der Waals surface area contributed by atoms with Crippen LogP contribution in [0.4, 0.5) is 4.39 Å². The second-order valence-corrected chi connectivity index (χ2v) is 7.14. The number of likely N-dealkylation sites (N-methyl/N-ethyl adjacent to an activating group) is 1. The van der Waals surface area contributed by atoms with E-state index in [1.807, 2.05) is 30.3 Å². The molecule has 1 heterocycles. The van der Waals surface area contributed by atoms with Gasteiger partial charge in [0.25, 0.3) is 11.8 Å². The molecule has 3 rings (SSSR count). The Kier molecular flexibility index (Phi) is 7.75. The van der Waals surface area contributed by atoms with Gasteiger partial charge >= 0.3 is 5.97 Å². The lowest BCUT2D eigenvalue weighted by Gasteiger charge is -2.20. The van der Waals surface area contributed by atoms with E-state index < -0.39 is 36.2 Å². The van der Waals surface area contributed by atoms with E-state index in [0.29, 0.717) is 5.56 Å². The summed E-state index contributed by atoms with van der Waals surface area (Å²) in [4.78, 5) is 38.7. The normalized spacial score (nSPS) is 11.4. The molecule has 0 radical (unpaired) electrons. The Bertz CT molecular complexity index is 1050. The number of carbonyl (C=O) groups is 3. The van der Waals surface area contributed by atoms with Gasteiger partial charge in [-0.1, -0.05) is 48.5 Å². The first-order valence-corrected chi connectivity index (χ1v) is 9.96. The number of nitrogens with zero attached hydrogens (tertiary/aromatic N) is 1. The van der Waals surface area contributed by atoms with E-state index in [1.54, 1.807) is 24.3 Å². The fourth-order valence-corrected chi connectivity index (χ4v) is 2.99. The van der Waals surface area contributed by atoms with Gasteiger partial charge in [-0.25, -0.2) is 9.18 Å². The van der Waals surface area contributed by atoms with E-state index >= 15 is 0 Å². The second-order valence-electron chi connectivity index (χ2n) is 7.14. The van der Waals surface area contributed by atoms with Crippen molar-refractivity contribution in [3.8, 4) is 0 Å². The second kappa shape index (κ2) is 10.9. The van der Waals surface area contributed by atoms with Crippen molar-refractivity contribution in [2.45, 2.75) is 19.0 Å². The third-order valence-electron chi connectivity index (χ3n) is 4.75. The highest BCUT2D eigenvalue weighted by atomic mass is 19.1. The molecule has 0 fully saturated rings. The Morgan fingerprint density at radius 3 is 2.44 bits per heavy atom. The molecule has 0 aliphatic carbocycles. The van der Waals surface area contributed by atoms with Crippen LogP contribution in [-0.4, -0.2) is 42.4 Å². The third-order valence-corrected chi connectivity index (χ3v) is 4.75. The largest absolute Gasteiger partial charge is 0.459 e. The van der Waals surface area contributed by atoms with E-state index in [0.717, 1.165) is 5.56 Å². The number of hydrogen-bond acceptors (Lipinski definition) is 5. The highest BCUT2D eigenvalue weighted by molar-refractivity contribution is 5.94. The molecule has 8 heteroatoms. The molecule has 0 unspecified atom stereocenters. The minimum Gasteiger partial charge on any atom is -0.459 e. The Morgan fingerprint density at radius 1 is 1.03 bits per heavy atom. The molecule has 7 nitrogen and oxygen atoms in total. The van der Waals surface area contributed by atoms with Gasteiger partial charge in [-0.05, 0) is 23.8 Å². The maximum absolute atomic E-state index is 13.8. The SMILES string of the molecule is CN(Cc1ccccc1F)C(=O)COC(=O)[C@H](Cc1ccccc1)NC(=O)c1ccco1. The maximum Gasteiger partial charge on any atom is 0.329 e. The third kappa shape index (κ3) is 6.28. The predicted molar refractivity (Wildman–Crippen MR) is 114 cm³/mol. The molecular weight excluding hydrogens is 415 g/mol. The molecule has 0 bridgehead atoms. The predicted octanol–water partition coefficient (Wildman–Crippen LogP) is 2.96. The molecule has 1 N–H and O–H groups in total. The summed E-state index contributed by atoms with van der Waals surface area (Å²) in [6.07, 6.45) is 1.52. The molecule has 0 spiro atoms. The van der Waals surface area contributed by atoms with Gasteiger partial charge in [0.2, 0.25) is 0 Å². The number of rotatable bonds is 9. The number of esters is 1. The molecule has 2 aromatic carbocycles. The Balaban J connectivity index is 1.61. The number of carbonyl (C=O) groups excluding carboxylic acids is 3. The number of nitrogens with one attached hydrogen (secondary N) is 1. The summed E-state index contributed by atoms with van der Waals surface area (Å²) in [6, 6.07) is 17.2. The molecule has 0 aliphatic rings. The Labute approximate surface area is 184 Å². The molecule has 1 atom stereocenters. The van der Waals surface area contributed by atoms with Gasteiger partial charge in [-0.15, -0.1) is 0 Å². The van der Waals surface area contributed by atoms with Crippen LogP contribution in [-0.2, 0) is 27.3 Å². The molecule has 1 aromatic heterocycles. The molecule has 32 heavy (non-hydrogen) atoms. The van der Waals surface area contributed by atoms with Crippen LogP contribution in [0.25, 0.3) is 0 Å². The van der Waals surface area contributed by atoms with Crippen molar-refractivity contribution >= 4 is 17.8 Å². The van der Waals surface area contributed by atoms with Gasteiger partial charge < -0.3 is 19.4 Å². The van der Waals surface area contributed by atoms with Gasteiger partial charge in [0, 0.05) is 25.6 Å². The summed E-state index contributed by atoms with van der Waals surface area (Å²) in [5, 5.41) is 2.59. The molecule has 0 saturated carbocycles. The zero-order valence-corrected chi connectivity index (χ0v) is 17.5. The van der Waals surface area contributed by atoms with Crippen molar-refractivity contribution in [2.75, 3.05) is 13.7 Å². The summed E-state index contributed by atoms with van der Waals surface area (Å²) in [5.74, 6) is -2.21. The molecule has 0 aliphatic heterocycles. The monoisotopic (exact) mass is 438 g/mol. The van der Waals surface area contributed by atoms with Crippen LogP contribution in [0, 0.1) is 5.82 Å². The number of benzene rings is 2. The minimum atomic E-state index is -1.03. The summed E-state index contributed by atoms with van der Waals surface area (Å²) < 4.78 is 24.0. The van der Waals surface area contributed by atoms with Crippen molar-refractivity contribution in [3.63, 3.8) is 0 Å². The molecule has 0 saturated heterocycles. The van der Waals surface area contributed by atoms with Crippen LogP contribution < -0.4 is 5.32 Å². The van der Waals surface area contributed by atoms with E-state index in [-0.39, 0.29) is 18.7 Å². The van der Waals surface area contributed by atoms with Crippen molar-refractivity contribution < 1.29 is 27.9 Å². The average molecular weight is 438 g/mol.